The second-order valence-corrected chi connectivity index (χ2v) is 4.89. The first-order chi connectivity index (χ1) is 7.68. The van der Waals surface area contributed by atoms with Crippen molar-refractivity contribution in [2.75, 3.05) is 6.54 Å². The van der Waals surface area contributed by atoms with Crippen LogP contribution in [0.5, 0.6) is 0 Å². The summed E-state index contributed by atoms with van der Waals surface area (Å²) in [5, 5.41) is 8.69. The number of likely N-dealkylation sites (tertiary alicyclic amines) is 1. The van der Waals surface area contributed by atoms with Crippen LogP contribution in [0.15, 0.2) is 0 Å². The zero-order valence-corrected chi connectivity index (χ0v) is 9.52. The van der Waals surface area contributed by atoms with Crippen LogP contribution in [-0.2, 0) is 9.59 Å². The van der Waals surface area contributed by atoms with Gasteiger partial charge in [0.25, 0.3) is 0 Å². The van der Waals surface area contributed by atoms with E-state index in [-0.39, 0.29) is 24.3 Å². The Kier molecular flexibility index (Phi) is 3.46. The Morgan fingerprint density at radius 1 is 1.19 bits per heavy atom. The summed E-state index contributed by atoms with van der Waals surface area (Å²) in [6.45, 7) is 0.833. The summed E-state index contributed by atoms with van der Waals surface area (Å²) in [7, 11) is 0. The number of carbonyl (C=O) groups excluding carboxylic acids is 1. The van der Waals surface area contributed by atoms with Crippen molar-refractivity contribution >= 4 is 11.9 Å². The van der Waals surface area contributed by atoms with Gasteiger partial charge in [0.2, 0.25) is 5.91 Å². The fraction of sp³-hybridized carbons (Fsp3) is 0.833. The molecule has 1 heterocycles. The molecule has 0 bridgehead atoms. The van der Waals surface area contributed by atoms with Gasteiger partial charge in [0.1, 0.15) is 0 Å². The summed E-state index contributed by atoms with van der Waals surface area (Å²) in [4.78, 5) is 24.5. The van der Waals surface area contributed by atoms with E-state index in [0.29, 0.717) is 6.42 Å². The molecule has 0 aromatic carbocycles. The molecule has 1 N–H and O–H groups in total. The standard InChI is InChI=1S/C12H19NO3/c14-11(15)7-6-10-3-1-2-8-13(10)12(16)9-4-5-9/h9-10H,1-8H2,(H,14,15). The molecule has 1 saturated carbocycles. The SMILES string of the molecule is O=C(O)CCC1CCCCN1C(=O)C1CC1. The molecule has 1 amide bonds. The lowest BCUT2D eigenvalue weighted by atomic mass is 9.97. The molecule has 0 aromatic rings. The van der Waals surface area contributed by atoms with Crippen molar-refractivity contribution in [1.82, 2.24) is 4.90 Å². The maximum atomic E-state index is 12.0. The lowest BCUT2D eigenvalue weighted by Gasteiger charge is -2.35. The zero-order valence-electron chi connectivity index (χ0n) is 9.52. The highest BCUT2D eigenvalue weighted by molar-refractivity contribution is 5.81. The fourth-order valence-electron chi connectivity index (χ4n) is 2.45. The Balaban J connectivity index is 1.90. The number of rotatable bonds is 4. The van der Waals surface area contributed by atoms with Crippen LogP contribution in [0.25, 0.3) is 0 Å². The number of carboxylic acids is 1. The normalized spacial score (nSPS) is 25.5. The van der Waals surface area contributed by atoms with Gasteiger partial charge in [-0.05, 0) is 38.5 Å². The Hall–Kier alpha value is -1.06. The molecule has 0 spiro atoms. The van der Waals surface area contributed by atoms with Crippen molar-refractivity contribution in [3.63, 3.8) is 0 Å². The van der Waals surface area contributed by atoms with Gasteiger partial charge in [-0.3, -0.25) is 9.59 Å². The third-order valence-electron chi connectivity index (χ3n) is 3.53. The average Bonchev–Trinajstić information content (AvgIpc) is 3.09. The van der Waals surface area contributed by atoms with Gasteiger partial charge in [-0.1, -0.05) is 0 Å². The molecule has 90 valence electrons. The minimum Gasteiger partial charge on any atom is -0.481 e. The van der Waals surface area contributed by atoms with E-state index in [1.807, 2.05) is 4.90 Å². The quantitative estimate of drug-likeness (QED) is 0.791. The van der Waals surface area contributed by atoms with Gasteiger partial charge in [0, 0.05) is 24.9 Å². The van der Waals surface area contributed by atoms with Crippen LogP contribution in [-0.4, -0.2) is 34.5 Å². The Labute approximate surface area is 95.6 Å². The third kappa shape index (κ3) is 2.74. The minimum absolute atomic E-state index is 0.179. The summed E-state index contributed by atoms with van der Waals surface area (Å²) in [6.07, 6.45) is 6.03. The molecule has 1 aliphatic heterocycles. The monoisotopic (exact) mass is 225 g/mol. The first-order valence-electron chi connectivity index (χ1n) is 6.21. The van der Waals surface area contributed by atoms with E-state index in [2.05, 4.69) is 0 Å². The molecule has 1 atom stereocenters. The maximum absolute atomic E-state index is 12.0. The number of amides is 1. The number of hydrogen-bond donors (Lipinski definition) is 1. The lowest BCUT2D eigenvalue weighted by molar-refractivity contribution is -0.140. The molecule has 0 radical (unpaired) electrons. The number of aliphatic carboxylic acids is 1. The molecule has 4 nitrogen and oxygen atoms in total. The number of carboxylic acid groups (broad SMARTS) is 1. The van der Waals surface area contributed by atoms with E-state index >= 15 is 0 Å². The van der Waals surface area contributed by atoms with E-state index in [1.54, 1.807) is 0 Å². The number of carbonyl (C=O) groups is 2. The largest absolute Gasteiger partial charge is 0.481 e. The van der Waals surface area contributed by atoms with E-state index in [1.165, 1.54) is 0 Å². The van der Waals surface area contributed by atoms with Gasteiger partial charge in [-0.2, -0.15) is 0 Å². The molecule has 4 heteroatoms. The van der Waals surface area contributed by atoms with Gasteiger partial charge in [-0.25, -0.2) is 0 Å². The third-order valence-corrected chi connectivity index (χ3v) is 3.53. The van der Waals surface area contributed by atoms with Crippen LogP contribution in [0.2, 0.25) is 0 Å². The van der Waals surface area contributed by atoms with Gasteiger partial charge < -0.3 is 10.0 Å². The molecular weight excluding hydrogens is 206 g/mol. The first-order valence-corrected chi connectivity index (χ1v) is 6.21. The fourth-order valence-corrected chi connectivity index (χ4v) is 2.45. The average molecular weight is 225 g/mol. The van der Waals surface area contributed by atoms with Crippen molar-refractivity contribution < 1.29 is 14.7 Å². The molecule has 16 heavy (non-hydrogen) atoms. The van der Waals surface area contributed by atoms with Crippen molar-refractivity contribution in [3.8, 4) is 0 Å². The molecule has 1 aliphatic carbocycles. The van der Waals surface area contributed by atoms with Crippen molar-refractivity contribution in [2.24, 2.45) is 5.92 Å². The highest BCUT2D eigenvalue weighted by atomic mass is 16.4. The topological polar surface area (TPSA) is 57.6 Å². The van der Waals surface area contributed by atoms with Crippen LogP contribution in [0.1, 0.15) is 44.9 Å². The first kappa shape index (κ1) is 11.4. The predicted octanol–water partition coefficient (Wildman–Crippen LogP) is 1.64. The second kappa shape index (κ2) is 4.85. The predicted molar refractivity (Wildman–Crippen MR) is 58.9 cm³/mol. The van der Waals surface area contributed by atoms with Crippen LogP contribution in [0.3, 0.4) is 0 Å². The van der Waals surface area contributed by atoms with Crippen molar-refractivity contribution in [2.45, 2.75) is 51.0 Å². The second-order valence-electron chi connectivity index (χ2n) is 4.89. The number of hydrogen-bond acceptors (Lipinski definition) is 2. The van der Waals surface area contributed by atoms with Crippen LogP contribution < -0.4 is 0 Å². The Bertz CT molecular complexity index is 286. The zero-order chi connectivity index (χ0) is 11.5. The Morgan fingerprint density at radius 2 is 1.94 bits per heavy atom. The Morgan fingerprint density at radius 3 is 2.56 bits per heavy atom. The molecule has 0 aromatic heterocycles. The van der Waals surface area contributed by atoms with Gasteiger partial charge in [-0.15, -0.1) is 0 Å². The lowest BCUT2D eigenvalue weighted by Crippen LogP contribution is -2.44. The maximum Gasteiger partial charge on any atom is 0.303 e. The molecule has 1 unspecified atom stereocenters. The van der Waals surface area contributed by atoms with Crippen LogP contribution in [0.4, 0.5) is 0 Å². The van der Waals surface area contributed by atoms with E-state index in [0.717, 1.165) is 38.6 Å². The summed E-state index contributed by atoms with van der Waals surface area (Å²) < 4.78 is 0. The molecule has 1 saturated heterocycles. The van der Waals surface area contributed by atoms with Crippen LogP contribution >= 0.6 is 0 Å². The molecule has 2 fully saturated rings. The number of piperidine rings is 1. The van der Waals surface area contributed by atoms with Crippen molar-refractivity contribution in [1.29, 1.82) is 0 Å². The summed E-state index contributed by atoms with van der Waals surface area (Å²) >= 11 is 0. The van der Waals surface area contributed by atoms with E-state index < -0.39 is 5.97 Å². The van der Waals surface area contributed by atoms with Gasteiger partial charge in [0.05, 0.1) is 0 Å². The summed E-state index contributed by atoms with van der Waals surface area (Å²) in [5.41, 5.74) is 0. The van der Waals surface area contributed by atoms with Crippen LogP contribution in [0, 0.1) is 5.92 Å². The number of nitrogens with zero attached hydrogens (tertiary/aromatic N) is 1. The van der Waals surface area contributed by atoms with Gasteiger partial charge in [0.15, 0.2) is 0 Å². The molecule has 2 rings (SSSR count). The smallest absolute Gasteiger partial charge is 0.303 e. The highest BCUT2D eigenvalue weighted by Gasteiger charge is 2.37. The molecule has 2 aliphatic rings. The highest BCUT2D eigenvalue weighted by Crippen LogP contribution is 2.34. The molecular formula is C12H19NO3. The summed E-state index contributed by atoms with van der Waals surface area (Å²) in [6, 6.07) is 0.179. The minimum atomic E-state index is -0.760. The van der Waals surface area contributed by atoms with E-state index in [4.69, 9.17) is 5.11 Å². The summed E-state index contributed by atoms with van der Waals surface area (Å²) in [5.74, 6) is -0.232. The van der Waals surface area contributed by atoms with E-state index in [9.17, 15) is 9.59 Å². The van der Waals surface area contributed by atoms with Gasteiger partial charge >= 0.3 is 5.97 Å². The van der Waals surface area contributed by atoms with Crippen molar-refractivity contribution in [3.05, 3.63) is 0 Å².